The van der Waals surface area contributed by atoms with Gasteiger partial charge in [-0.25, -0.2) is 4.98 Å². The number of hydrogen-bond donors (Lipinski definition) is 1. The van der Waals surface area contributed by atoms with Gasteiger partial charge >= 0.3 is 0 Å². The zero-order valence-corrected chi connectivity index (χ0v) is 11.9. The van der Waals surface area contributed by atoms with Crippen molar-refractivity contribution in [3.8, 4) is 22.8 Å². The summed E-state index contributed by atoms with van der Waals surface area (Å²) < 4.78 is 10.4. The molecule has 0 unspecified atom stereocenters. The molecular formula is C14H15N3O4. The summed E-state index contributed by atoms with van der Waals surface area (Å²) in [4.78, 5) is 15.0. The van der Waals surface area contributed by atoms with Crippen molar-refractivity contribution < 1.29 is 14.4 Å². The Balaban J connectivity index is 2.66. The number of rotatable bonds is 5. The Kier molecular flexibility index (Phi) is 4.22. The molecule has 1 N–H and O–H groups in total. The van der Waals surface area contributed by atoms with Crippen molar-refractivity contribution in [2.75, 3.05) is 26.6 Å². The van der Waals surface area contributed by atoms with Crippen LogP contribution in [-0.4, -0.2) is 31.2 Å². The molecule has 21 heavy (non-hydrogen) atoms. The van der Waals surface area contributed by atoms with Crippen molar-refractivity contribution in [1.82, 2.24) is 4.98 Å². The van der Waals surface area contributed by atoms with Crippen molar-refractivity contribution in [2.45, 2.75) is 0 Å². The maximum absolute atomic E-state index is 11.2. The fourth-order valence-corrected chi connectivity index (χ4v) is 1.89. The SMILES string of the molecule is CNc1ccc([N+](=O)[O-])c(-c2cc(OC)cc(OC)c2)n1. The van der Waals surface area contributed by atoms with Gasteiger partial charge in [-0.1, -0.05) is 0 Å². The maximum Gasteiger partial charge on any atom is 0.295 e. The first-order valence-corrected chi connectivity index (χ1v) is 6.15. The lowest BCUT2D eigenvalue weighted by molar-refractivity contribution is -0.384. The van der Waals surface area contributed by atoms with E-state index in [-0.39, 0.29) is 11.4 Å². The van der Waals surface area contributed by atoms with Gasteiger partial charge in [0.05, 0.1) is 19.1 Å². The molecule has 1 aromatic carbocycles. The van der Waals surface area contributed by atoms with Crippen molar-refractivity contribution in [1.29, 1.82) is 0 Å². The second-order valence-electron chi connectivity index (χ2n) is 4.17. The van der Waals surface area contributed by atoms with E-state index in [0.29, 0.717) is 22.9 Å². The van der Waals surface area contributed by atoms with Crippen LogP contribution in [0.3, 0.4) is 0 Å². The molecule has 0 radical (unpaired) electrons. The molecule has 2 rings (SSSR count). The lowest BCUT2D eigenvalue weighted by Crippen LogP contribution is -1.99. The number of benzene rings is 1. The van der Waals surface area contributed by atoms with E-state index in [1.165, 1.54) is 20.3 Å². The van der Waals surface area contributed by atoms with E-state index in [9.17, 15) is 10.1 Å². The number of anilines is 1. The summed E-state index contributed by atoms with van der Waals surface area (Å²) in [5, 5.41) is 14.1. The zero-order valence-electron chi connectivity index (χ0n) is 11.9. The third-order valence-corrected chi connectivity index (χ3v) is 2.95. The molecule has 0 aliphatic heterocycles. The highest BCUT2D eigenvalue weighted by Crippen LogP contribution is 2.34. The summed E-state index contributed by atoms with van der Waals surface area (Å²) in [7, 11) is 4.74. The minimum Gasteiger partial charge on any atom is -0.497 e. The fraction of sp³-hybridized carbons (Fsp3) is 0.214. The van der Waals surface area contributed by atoms with Crippen LogP contribution in [0, 0.1) is 10.1 Å². The summed E-state index contributed by atoms with van der Waals surface area (Å²) in [5.74, 6) is 1.61. The van der Waals surface area contributed by atoms with E-state index in [1.807, 2.05) is 0 Å². The lowest BCUT2D eigenvalue weighted by atomic mass is 10.1. The summed E-state index contributed by atoms with van der Waals surface area (Å²) in [6.07, 6.45) is 0. The van der Waals surface area contributed by atoms with Gasteiger partial charge in [0.1, 0.15) is 17.3 Å². The summed E-state index contributed by atoms with van der Waals surface area (Å²) >= 11 is 0. The van der Waals surface area contributed by atoms with Crippen molar-refractivity contribution >= 4 is 11.5 Å². The molecule has 0 aliphatic rings. The van der Waals surface area contributed by atoms with Crippen LogP contribution in [0.2, 0.25) is 0 Å². The van der Waals surface area contributed by atoms with Gasteiger partial charge in [0.15, 0.2) is 5.69 Å². The molecule has 7 nitrogen and oxygen atoms in total. The average molecular weight is 289 g/mol. The van der Waals surface area contributed by atoms with Gasteiger partial charge in [-0.15, -0.1) is 0 Å². The third kappa shape index (κ3) is 3.02. The predicted octanol–water partition coefficient (Wildman–Crippen LogP) is 2.72. The Morgan fingerprint density at radius 3 is 2.24 bits per heavy atom. The topological polar surface area (TPSA) is 86.5 Å². The number of pyridine rings is 1. The molecule has 110 valence electrons. The summed E-state index contributed by atoms with van der Waals surface area (Å²) in [6, 6.07) is 8.02. The molecule has 1 aromatic heterocycles. The van der Waals surface area contributed by atoms with Crippen LogP contribution in [0.1, 0.15) is 0 Å². The first kappa shape index (κ1) is 14.6. The molecule has 0 aliphatic carbocycles. The molecule has 0 saturated carbocycles. The second kappa shape index (κ2) is 6.08. The smallest absolute Gasteiger partial charge is 0.295 e. The molecule has 2 aromatic rings. The maximum atomic E-state index is 11.2. The van der Waals surface area contributed by atoms with Crippen molar-refractivity contribution in [3.63, 3.8) is 0 Å². The Hall–Kier alpha value is -2.83. The van der Waals surface area contributed by atoms with Gasteiger partial charge in [0.2, 0.25) is 0 Å². The van der Waals surface area contributed by atoms with Crippen LogP contribution in [0.4, 0.5) is 11.5 Å². The van der Waals surface area contributed by atoms with E-state index in [2.05, 4.69) is 10.3 Å². The molecule has 0 fully saturated rings. The Labute approximate surface area is 121 Å². The fourth-order valence-electron chi connectivity index (χ4n) is 1.89. The van der Waals surface area contributed by atoms with Gasteiger partial charge in [0, 0.05) is 24.7 Å². The summed E-state index contributed by atoms with van der Waals surface area (Å²) in [6.45, 7) is 0. The highest BCUT2D eigenvalue weighted by molar-refractivity contribution is 5.73. The Bertz CT molecular complexity index is 651. The van der Waals surface area contributed by atoms with Crippen LogP contribution in [-0.2, 0) is 0 Å². The van der Waals surface area contributed by atoms with Crippen LogP contribution < -0.4 is 14.8 Å². The highest BCUT2D eigenvalue weighted by atomic mass is 16.6. The van der Waals surface area contributed by atoms with Crippen LogP contribution in [0.15, 0.2) is 30.3 Å². The number of nitro groups is 1. The van der Waals surface area contributed by atoms with Crippen molar-refractivity contribution in [2.24, 2.45) is 0 Å². The number of hydrogen-bond acceptors (Lipinski definition) is 6. The summed E-state index contributed by atoms with van der Waals surface area (Å²) in [5.41, 5.74) is 0.725. The molecule has 0 atom stereocenters. The van der Waals surface area contributed by atoms with E-state index in [1.54, 1.807) is 31.3 Å². The van der Waals surface area contributed by atoms with E-state index >= 15 is 0 Å². The molecular weight excluding hydrogens is 274 g/mol. The lowest BCUT2D eigenvalue weighted by Gasteiger charge is -2.09. The zero-order chi connectivity index (χ0) is 15.4. The van der Waals surface area contributed by atoms with E-state index in [4.69, 9.17) is 9.47 Å². The normalized spacial score (nSPS) is 10.0. The van der Waals surface area contributed by atoms with E-state index < -0.39 is 4.92 Å². The Morgan fingerprint density at radius 2 is 1.76 bits per heavy atom. The van der Waals surface area contributed by atoms with Gasteiger partial charge in [-0.2, -0.15) is 0 Å². The largest absolute Gasteiger partial charge is 0.497 e. The number of ether oxygens (including phenoxy) is 2. The van der Waals surface area contributed by atoms with Gasteiger partial charge in [-0.05, 0) is 18.2 Å². The van der Waals surface area contributed by atoms with Crippen LogP contribution in [0.5, 0.6) is 11.5 Å². The van der Waals surface area contributed by atoms with Crippen LogP contribution in [0.25, 0.3) is 11.3 Å². The van der Waals surface area contributed by atoms with Gasteiger partial charge in [0.25, 0.3) is 5.69 Å². The highest BCUT2D eigenvalue weighted by Gasteiger charge is 2.19. The third-order valence-electron chi connectivity index (χ3n) is 2.95. The predicted molar refractivity (Wildman–Crippen MR) is 79.0 cm³/mol. The standard InChI is InChI=1S/C14H15N3O4/c1-15-13-5-4-12(17(18)19)14(16-13)9-6-10(20-2)8-11(7-9)21-3/h4-8H,1-3H3,(H,15,16). The minimum absolute atomic E-state index is 0.0793. The van der Waals surface area contributed by atoms with Gasteiger partial charge < -0.3 is 14.8 Å². The molecule has 1 heterocycles. The molecule has 0 amide bonds. The molecule has 0 bridgehead atoms. The quantitative estimate of drug-likeness (QED) is 0.672. The second-order valence-corrected chi connectivity index (χ2v) is 4.17. The molecule has 0 saturated heterocycles. The number of aromatic nitrogens is 1. The number of methoxy groups -OCH3 is 2. The minimum atomic E-state index is -0.465. The number of nitrogens with zero attached hydrogens (tertiary/aromatic N) is 2. The first-order valence-electron chi connectivity index (χ1n) is 6.15. The monoisotopic (exact) mass is 289 g/mol. The van der Waals surface area contributed by atoms with Crippen LogP contribution >= 0.6 is 0 Å². The Morgan fingerprint density at radius 1 is 1.14 bits per heavy atom. The first-order chi connectivity index (χ1) is 10.1. The average Bonchev–Trinajstić information content (AvgIpc) is 2.53. The number of nitrogens with one attached hydrogen (secondary N) is 1. The van der Waals surface area contributed by atoms with Crippen molar-refractivity contribution in [3.05, 3.63) is 40.4 Å². The molecule has 0 spiro atoms. The van der Waals surface area contributed by atoms with E-state index in [0.717, 1.165) is 0 Å². The molecule has 7 heteroatoms. The van der Waals surface area contributed by atoms with Gasteiger partial charge in [-0.3, -0.25) is 10.1 Å².